The molecule has 0 unspecified atom stereocenters. The fourth-order valence-electron chi connectivity index (χ4n) is 2.04. The van der Waals surface area contributed by atoms with E-state index in [0.29, 0.717) is 0 Å². The van der Waals surface area contributed by atoms with Crippen molar-refractivity contribution in [2.75, 3.05) is 7.11 Å². The molecule has 0 fully saturated rings. The molecule has 28 heavy (non-hydrogen) atoms. The number of guanidine groups is 2. The minimum atomic E-state index is -4.92. The average molecular weight is 403 g/mol. The summed E-state index contributed by atoms with van der Waals surface area (Å²) >= 11 is 0. The largest absolute Gasteiger partial charge is 0.493 e. The van der Waals surface area contributed by atoms with Gasteiger partial charge in [0, 0.05) is 6.07 Å². The van der Waals surface area contributed by atoms with E-state index in [4.69, 9.17) is 26.7 Å². The maximum atomic E-state index is 14.0. The fourth-order valence-corrected chi connectivity index (χ4v) is 2.04. The minimum absolute atomic E-state index is 0.0260. The predicted octanol–water partition coefficient (Wildman–Crippen LogP) is 3.00. The van der Waals surface area contributed by atoms with Crippen LogP contribution in [0.5, 0.6) is 17.2 Å². The molecule has 2 aromatic carbocycles. The highest BCUT2D eigenvalue weighted by Gasteiger charge is 2.33. The smallest absolute Gasteiger partial charge is 0.416 e. The van der Waals surface area contributed by atoms with Crippen LogP contribution in [-0.4, -0.2) is 19.0 Å². The second-order valence-electron chi connectivity index (χ2n) is 5.21. The van der Waals surface area contributed by atoms with Crippen LogP contribution in [0, 0.1) is 11.6 Å². The van der Waals surface area contributed by atoms with Crippen molar-refractivity contribution in [3.8, 4) is 17.2 Å². The van der Waals surface area contributed by atoms with E-state index in [1.807, 2.05) is 0 Å². The molecule has 0 radical (unpaired) electrons. The molecule has 0 saturated carbocycles. The van der Waals surface area contributed by atoms with Gasteiger partial charge in [-0.1, -0.05) is 0 Å². The standard InChI is InChI=1S/C16H14F5N5O2/c1-27-11-3-2-8(25-15(24)26-14(22)23)6-12(11)28-13-9(17)4-7(5-10(13)18)16(19,20)21/h2-6H,1H3,(H6,22,23,24,25,26). The van der Waals surface area contributed by atoms with Crippen molar-refractivity contribution >= 4 is 17.6 Å². The molecule has 7 nitrogen and oxygen atoms in total. The van der Waals surface area contributed by atoms with Gasteiger partial charge in [0.15, 0.2) is 34.8 Å². The molecule has 0 amide bonds. The second-order valence-corrected chi connectivity index (χ2v) is 5.21. The fraction of sp³-hybridized carbons (Fsp3) is 0.125. The van der Waals surface area contributed by atoms with Crippen molar-refractivity contribution in [2.24, 2.45) is 27.2 Å². The summed E-state index contributed by atoms with van der Waals surface area (Å²) in [5.74, 6) is -5.03. The van der Waals surface area contributed by atoms with Crippen molar-refractivity contribution < 1.29 is 31.4 Å². The van der Waals surface area contributed by atoms with Crippen molar-refractivity contribution in [2.45, 2.75) is 6.18 Å². The van der Waals surface area contributed by atoms with Crippen LogP contribution in [0.25, 0.3) is 0 Å². The van der Waals surface area contributed by atoms with E-state index in [1.165, 1.54) is 25.3 Å². The molecule has 6 N–H and O–H groups in total. The first kappa shape index (κ1) is 20.7. The van der Waals surface area contributed by atoms with Gasteiger partial charge in [-0.05, 0) is 24.3 Å². The van der Waals surface area contributed by atoms with Gasteiger partial charge < -0.3 is 26.7 Å². The number of alkyl halides is 3. The third-order valence-corrected chi connectivity index (χ3v) is 3.17. The lowest BCUT2D eigenvalue weighted by Gasteiger charge is -2.14. The van der Waals surface area contributed by atoms with Gasteiger partial charge in [-0.25, -0.2) is 13.8 Å². The third-order valence-electron chi connectivity index (χ3n) is 3.17. The van der Waals surface area contributed by atoms with E-state index in [2.05, 4.69) is 9.98 Å². The number of benzene rings is 2. The molecule has 0 aromatic heterocycles. The Hall–Kier alpha value is -3.57. The number of halogens is 5. The highest BCUT2D eigenvalue weighted by Crippen LogP contribution is 2.39. The molecule has 0 heterocycles. The van der Waals surface area contributed by atoms with Crippen LogP contribution in [0.15, 0.2) is 40.3 Å². The summed E-state index contributed by atoms with van der Waals surface area (Å²) in [5, 5.41) is 0. The molecule has 0 aliphatic rings. The SMILES string of the molecule is COc1ccc(N=C(N)N=C(N)N)cc1Oc1c(F)cc(C(F)(F)F)cc1F. The van der Waals surface area contributed by atoms with Gasteiger partial charge in [0.05, 0.1) is 18.4 Å². The summed E-state index contributed by atoms with van der Waals surface area (Å²) in [6.07, 6.45) is -4.92. The van der Waals surface area contributed by atoms with Crippen molar-refractivity contribution in [1.29, 1.82) is 0 Å². The van der Waals surface area contributed by atoms with Crippen molar-refractivity contribution in [3.05, 3.63) is 47.5 Å². The molecule has 2 rings (SSSR count). The Morgan fingerprint density at radius 2 is 1.57 bits per heavy atom. The lowest BCUT2D eigenvalue weighted by Crippen LogP contribution is -2.26. The van der Waals surface area contributed by atoms with Crippen LogP contribution in [0.1, 0.15) is 5.56 Å². The highest BCUT2D eigenvalue weighted by molar-refractivity contribution is 5.93. The number of rotatable bonds is 4. The predicted molar refractivity (Wildman–Crippen MR) is 91.5 cm³/mol. The summed E-state index contributed by atoms with van der Waals surface area (Å²) in [7, 11) is 1.25. The van der Waals surface area contributed by atoms with Crippen molar-refractivity contribution in [3.63, 3.8) is 0 Å². The van der Waals surface area contributed by atoms with Gasteiger partial charge in [0.2, 0.25) is 5.96 Å². The molecule has 0 saturated heterocycles. The van der Waals surface area contributed by atoms with Gasteiger partial charge in [-0.15, -0.1) is 0 Å². The van der Waals surface area contributed by atoms with Crippen LogP contribution in [0.3, 0.4) is 0 Å². The van der Waals surface area contributed by atoms with Gasteiger partial charge >= 0.3 is 6.18 Å². The van der Waals surface area contributed by atoms with E-state index in [-0.39, 0.29) is 41.2 Å². The van der Waals surface area contributed by atoms with Crippen LogP contribution in [-0.2, 0) is 6.18 Å². The number of nitrogens with two attached hydrogens (primary N) is 3. The monoisotopic (exact) mass is 403 g/mol. The van der Waals surface area contributed by atoms with E-state index in [9.17, 15) is 22.0 Å². The second kappa shape index (κ2) is 7.98. The molecule has 0 atom stereocenters. The number of hydrogen-bond donors (Lipinski definition) is 3. The lowest BCUT2D eigenvalue weighted by atomic mass is 10.2. The zero-order chi connectivity index (χ0) is 21.1. The first-order valence-corrected chi connectivity index (χ1v) is 7.37. The van der Waals surface area contributed by atoms with Gasteiger partial charge in [-0.2, -0.15) is 18.2 Å². The van der Waals surface area contributed by atoms with Crippen LogP contribution in [0.2, 0.25) is 0 Å². The maximum absolute atomic E-state index is 14.0. The number of nitrogens with zero attached hydrogens (tertiary/aromatic N) is 2. The van der Waals surface area contributed by atoms with E-state index in [0.717, 1.165) is 0 Å². The summed E-state index contributed by atoms with van der Waals surface area (Å²) in [6, 6.07) is 4.13. The lowest BCUT2D eigenvalue weighted by molar-refractivity contribution is -0.138. The first-order chi connectivity index (χ1) is 13.0. The van der Waals surface area contributed by atoms with Crippen molar-refractivity contribution in [1.82, 2.24) is 0 Å². The molecule has 12 heteroatoms. The number of aliphatic imine (C=N–C) groups is 2. The quantitative estimate of drug-likeness (QED) is 0.412. The summed E-state index contributed by atoms with van der Waals surface area (Å²) in [5.41, 5.74) is 14.4. The number of ether oxygens (including phenoxy) is 2. The topological polar surface area (TPSA) is 121 Å². The zero-order valence-electron chi connectivity index (χ0n) is 14.2. The Morgan fingerprint density at radius 1 is 0.964 bits per heavy atom. The molecule has 0 aliphatic carbocycles. The van der Waals surface area contributed by atoms with E-state index < -0.39 is 29.1 Å². The first-order valence-electron chi connectivity index (χ1n) is 7.37. The normalized spacial score (nSPS) is 11.9. The molecular formula is C16H14F5N5O2. The number of hydrogen-bond acceptors (Lipinski definition) is 3. The Morgan fingerprint density at radius 3 is 2.07 bits per heavy atom. The Kier molecular flexibility index (Phi) is 5.91. The maximum Gasteiger partial charge on any atom is 0.416 e. The van der Waals surface area contributed by atoms with Gasteiger partial charge in [0.1, 0.15) is 0 Å². The van der Waals surface area contributed by atoms with E-state index in [1.54, 1.807) is 0 Å². The van der Waals surface area contributed by atoms with Crippen LogP contribution >= 0.6 is 0 Å². The Bertz CT molecular complexity index is 917. The summed E-state index contributed by atoms with van der Waals surface area (Å²) in [6.45, 7) is 0. The molecule has 0 bridgehead atoms. The highest BCUT2D eigenvalue weighted by atomic mass is 19.4. The Balaban J connectivity index is 2.46. The third kappa shape index (κ3) is 4.99. The van der Waals surface area contributed by atoms with Crippen LogP contribution < -0.4 is 26.7 Å². The molecule has 0 spiro atoms. The molecule has 2 aromatic rings. The van der Waals surface area contributed by atoms with Crippen LogP contribution in [0.4, 0.5) is 27.6 Å². The van der Waals surface area contributed by atoms with Gasteiger partial charge in [-0.3, -0.25) is 0 Å². The zero-order valence-corrected chi connectivity index (χ0v) is 14.2. The molecule has 150 valence electrons. The summed E-state index contributed by atoms with van der Waals surface area (Å²) < 4.78 is 76.1. The van der Waals surface area contributed by atoms with Gasteiger partial charge in [0.25, 0.3) is 0 Å². The average Bonchev–Trinajstić information content (AvgIpc) is 2.56. The molecule has 0 aliphatic heterocycles. The molecular weight excluding hydrogens is 389 g/mol. The minimum Gasteiger partial charge on any atom is -0.493 e. The Labute approximate surface area is 155 Å². The van der Waals surface area contributed by atoms with E-state index >= 15 is 0 Å². The number of methoxy groups -OCH3 is 1. The summed E-state index contributed by atoms with van der Waals surface area (Å²) in [4.78, 5) is 7.33.